The Bertz CT molecular complexity index is 828. The normalized spacial score (nSPS) is 13.9. The number of hydrogen-bond donors (Lipinski definition) is 1. The van der Waals surface area contributed by atoms with Gasteiger partial charge in [-0.2, -0.15) is 0 Å². The Hall–Kier alpha value is -1.29. The molecule has 0 bridgehead atoms. The molecule has 0 aliphatic carbocycles. The Morgan fingerprint density at radius 3 is 2.27 bits per heavy atom. The molecular formula is C13H14FNO4S3. The summed E-state index contributed by atoms with van der Waals surface area (Å²) < 4.78 is 63.1. The monoisotopic (exact) mass is 363 g/mol. The van der Waals surface area contributed by atoms with Gasteiger partial charge in [-0.05, 0) is 35.7 Å². The van der Waals surface area contributed by atoms with Gasteiger partial charge < -0.3 is 0 Å². The number of thiophene rings is 1. The van der Waals surface area contributed by atoms with Gasteiger partial charge in [0.15, 0.2) is 9.84 Å². The Balaban J connectivity index is 2.41. The van der Waals surface area contributed by atoms with Crippen LogP contribution >= 0.6 is 11.3 Å². The fourth-order valence-corrected chi connectivity index (χ4v) is 5.21. The van der Waals surface area contributed by atoms with Crippen molar-refractivity contribution in [1.29, 1.82) is 0 Å². The summed E-state index contributed by atoms with van der Waals surface area (Å²) in [7, 11) is -7.38. The van der Waals surface area contributed by atoms with E-state index in [1.807, 2.05) is 0 Å². The minimum Gasteiger partial charge on any atom is -0.223 e. The molecule has 1 atom stereocenters. The Labute approximate surface area is 132 Å². The number of sulfonamides is 1. The first kappa shape index (κ1) is 17.1. The molecule has 2 rings (SSSR count). The Morgan fingerprint density at radius 1 is 1.14 bits per heavy atom. The van der Waals surface area contributed by atoms with E-state index in [0.717, 1.165) is 18.4 Å². The highest BCUT2D eigenvalue weighted by atomic mass is 32.2. The largest absolute Gasteiger partial charge is 0.223 e. The third kappa shape index (κ3) is 4.13. The van der Waals surface area contributed by atoms with Crippen molar-refractivity contribution in [3.8, 4) is 0 Å². The van der Waals surface area contributed by atoms with Crippen LogP contribution in [0.25, 0.3) is 0 Å². The molecule has 0 amide bonds. The minimum atomic E-state index is -3.85. The molecule has 0 aliphatic heterocycles. The lowest BCUT2D eigenvalue weighted by Gasteiger charge is -2.16. The number of hydrogen-bond acceptors (Lipinski definition) is 5. The molecule has 9 heteroatoms. The van der Waals surface area contributed by atoms with Crippen LogP contribution in [-0.4, -0.2) is 29.6 Å². The molecule has 1 heterocycles. The fraction of sp³-hybridized carbons (Fsp3) is 0.231. The summed E-state index contributed by atoms with van der Waals surface area (Å²) in [6.07, 6.45) is 0.961. The summed E-state index contributed by atoms with van der Waals surface area (Å²) in [6.45, 7) is -0.279. The third-order valence-corrected chi connectivity index (χ3v) is 6.83. The number of nitrogens with one attached hydrogen (secondary N) is 1. The smallest absolute Gasteiger partial charge is 0.208 e. The molecule has 0 fully saturated rings. The second-order valence-electron chi connectivity index (χ2n) is 4.62. The zero-order valence-corrected chi connectivity index (χ0v) is 14.0. The van der Waals surface area contributed by atoms with E-state index in [0.29, 0.717) is 4.88 Å². The van der Waals surface area contributed by atoms with E-state index >= 15 is 0 Å². The van der Waals surface area contributed by atoms with Gasteiger partial charge in [0.1, 0.15) is 11.1 Å². The van der Waals surface area contributed by atoms with Crippen LogP contribution in [0.3, 0.4) is 0 Å². The highest BCUT2D eigenvalue weighted by Crippen LogP contribution is 2.31. The van der Waals surface area contributed by atoms with E-state index in [-0.39, 0.29) is 11.4 Å². The van der Waals surface area contributed by atoms with E-state index in [9.17, 15) is 21.2 Å². The van der Waals surface area contributed by atoms with Crippen LogP contribution in [0, 0.1) is 5.82 Å². The predicted molar refractivity (Wildman–Crippen MR) is 83.5 cm³/mol. The average molecular weight is 363 g/mol. The highest BCUT2D eigenvalue weighted by molar-refractivity contribution is 7.92. The summed E-state index contributed by atoms with van der Waals surface area (Å²) in [5.41, 5.74) is 0. The van der Waals surface area contributed by atoms with Crippen molar-refractivity contribution >= 4 is 31.2 Å². The fourth-order valence-electron chi connectivity index (χ4n) is 1.85. The highest BCUT2D eigenvalue weighted by Gasteiger charge is 2.30. The second kappa shape index (κ2) is 6.45. The molecule has 2 aromatic rings. The van der Waals surface area contributed by atoms with E-state index in [1.54, 1.807) is 17.5 Å². The maximum Gasteiger partial charge on any atom is 0.208 e. The predicted octanol–water partition coefficient (Wildman–Crippen LogP) is 1.95. The van der Waals surface area contributed by atoms with Crippen LogP contribution in [0.1, 0.15) is 10.1 Å². The SMILES string of the molecule is CS(=O)(=O)NCC(c1cccs1)S(=O)(=O)c1ccc(F)cc1. The first-order valence-corrected chi connectivity index (χ1v) is 10.5. The van der Waals surface area contributed by atoms with E-state index in [1.165, 1.54) is 23.5 Å². The average Bonchev–Trinajstić information content (AvgIpc) is 2.91. The summed E-state index contributed by atoms with van der Waals surface area (Å²) >= 11 is 1.22. The van der Waals surface area contributed by atoms with Gasteiger partial charge in [0, 0.05) is 11.4 Å². The summed E-state index contributed by atoms with van der Waals surface area (Å²) in [4.78, 5) is 0.461. The van der Waals surface area contributed by atoms with Crippen molar-refractivity contribution in [3.63, 3.8) is 0 Å². The molecule has 0 radical (unpaired) electrons. The van der Waals surface area contributed by atoms with Crippen LogP contribution < -0.4 is 4.72 Å². The van der Waals surface area contributed by atoms with Gasteiger partial charge in [-0.3, -0.25) is 0 Å². The van der Waals surface area contributed by atoms with Crippen LogP contribution in [0.15, 0.2) is 46.7 Å². The number of rotatable bonds is 6. The standard InChI is InChI=1S/C13H14FNO4S3/c1-21(16,17)15-9-13(12-3-2-8-20-12)22(18,19)11-6-4-10(14)5-7-11/h2-8,13,15H,9H2,1H3. The van der Waals surface area contributed by atoms with Gasteiger partial charge in [0.25, 0.3) is 0 Å². The molecule has 22 heavy (non-hydrogen) atoms. The lowest BCUT2D eigenvalue weighted by atomic mass is 10.3. The van der Waals surface area contributed by atoms with Crippen molar-refractivity contribution in [2.24, 2.45) is 0 Å². The van der Waals surface area contributed by atoms with Gasteiger partial charge >= 0.3 is 0 Å². The van der Waals surface area contributed by atoms with E-state index < -0.39 is 30.9 Å². The molecule has 1 unspecified atom stereocenters. The van der Waals surface area contributed by atoms with Crippen LogP contribution in [-0.2, 0) is 19.9 Å². The minimum absolute atomic E-state index is 0.0531. The summed E-state index contributed by atoms with van der Waals surface area (Å²) in [5, 5.41) is 0.649. The zero-order valence-electron chi connectivity index (χ0n) is 11.6. The van der Waals surface area contributed by atoms with Crippen molar-refractivity contribution in [2.45, 2.75) is 10.1 Å². The number of sulfone groups is 1. The molecule has 1 aromatic heterocycles. The zero-order chi connectivity index (χ0) is 16.4. The maximum absolute atomic E-state index is 13.0. The second-order valence-corrected chi connectivity index (χ2v) is 9.57. The van der Waals surface area contributed by atoms with Crippen molar-refractivity contribution in [2.75, 3.05) is 12.8 Å². The molecule has 5 nitrogen and oxygen atoms in total. The Kier molecular flexibility index (Phi) is 5.00. The quantitative estimate of drug-likeness (QED) is 0.796. The lowest BCUT2D eigenvalue weighted by molar-refractivity contribution is 0.572. The number of benzene rings is 1. The van der Waals surface area contributed by atoms with Gasteiger partial charge in [-0.15, -0.1) is 11.3 Å². The number of halogens is 1. The molecule has 0 saturated heterocycles. The van der Waals surface area contributed by atoms with Gasteiger partial charge in [-0.25, -0.2) is 25.9 Å². The van der Waals surface area contributed by atoms with Crippen LogP contribution in [0.4, 0.5) is 4.39 Å². The maximum atomic E-state index is 13.0. The van der Waals surface area contributed by atoms with Gasteiger partial charge in [0.2, 0.25) is 10.0 Å². The molecule has 1 N–H and O–H groups in total. The first-order chi connectivity index (χ1) is 10.2. The summed E-state index contributed by atoms with van der Waals surface area (Å²) in [5.74, 6) is -0.541. The van der Waals surface area contributed by atoms with E-state index in [4.69, 9.17) is 0 Å². The molecule has 0 saturated carbocycles. The topological polar surface area (TPSA) is 80.3 Å². The van der Waals surface area contributed by atoms with Crippen molar-refractivity contribution < 1.29 is 21.2 Å². The molecule has 0 aliphatic rings. The van der Waals surface area contributed by atoms with Crippen LogP contribution in [0.5, 0.6) is 0 Å². The summed E-state index contributed by atoms with van der Waals surface area (Å²) in [6, 6.07) is 7.77. The molecule has 1 aromatic carbocycles. The van der Waals surface area contributed by atoms with Gasteiger partial charge in [-0.1, -0.05) is 6.07 Å². The van der Waals surface area contributed by atoms with Crippen LogP contribution in [0.2, 0.25) is 0 Å². The van der Waals surface area contributed by atoms with Crippen molar-refractivity contribution in [1.82, 2.24) is 4.72 Å². The first-order valence-electron chi connectivity index (χ1n) is 6.17. The molecule has 0 spiro atoms. The molecular weight excluding hydrogens is 349 g/mol. The van der Waals surface area contributed by atoms with Gasteiger partial charge in [0.05, 0.1) is 11.2 Å². The molecule has 120 valence electrons. The lowest BCUT2D eigenvalue weighted by Crippen LogP contribution is -2.30. The third-order valence-electron chi connectivity index (χ3n) is 2.91. The Morgan fingerprint density at radius 2 is 1.77 bits per heavy atom. The van der Waals surface area contributed by atoms with Crippen molar-refractivity contribution in [3.05, 3.63) is 52.5 Å². The van der Waals surface area contributed by atoms with E-state index in [2.05, 4.69) is 4.72 Å².